The summed E-state index contributed by atoms with van der Waals surface area (Å²) in [7, 11) is 4.20. The standard InChI is InChI=1S/C15H13N3O3S.ClH.Cu/c19-12-9-5-4-8-11(12)14(21)17-18-15(22)16-13(20)10-6-2-1-3-7-10;;/h1-9,19H,(H,17,21)(H2,16,18,20,22);1H;/q;;+1/p-1. The molecule has 0 heterocycles. The Morgan fingerprint density at radius 1 is 0.917 bits per heavy atom. The summed E-state index contributed by atoms with van der Waals surface area (Å²) in [5.74, 6) is -1.12. The number of hydrogen-bond donors (Lipinski definition) is 4. The first-order valence-electron chi connectivity index (χ1n) is 6.44. The van der Waals surface area contributed by atoms with Crippen molar-refractivity contribution in [3.63, 3.8) is 0 Å². The molecular formula is C15H13ClCuN3O3S. The van der Waals surface area contributed by atoms with Crippen molar-refractivity contribution in [2.45, 2.75) is 0 Å². The van der Waals surface area contributed by atoms with Gasteiger partial charge in [-0.25, -0.2) is 0 Å². The molecule has 6 nitrogen and oxygen atoms in total. The van der Waals surface area contributed by atoms with Crippen LogP contribution in [0.25, 0.3) is 0 Å². The number of thiocarbonyl (C=S) groups is 1. The molecule has 24 heavy (non-hydrogen) atoms. The molecule has 0 aromatic heterocycles. The predicted molar refractivity (Wildman–Crippen MR) is 91.1 cm³/mol. The molecule has 0 saturated heterocycles. The molecule has 4 N–H and O–H groups in total. The Labute approximate surface area is 156 Å². The number of hydrogen-bond acceptors (Lipinski definition) is 4. The molecule has 0 aliphatic rings. The van der Waals surface area contributed by atoms with Crippen LogP contribution in [0.1, 0.15) is 20.7 Å². The van der Waals surface area contributed by atoms with E-state index in [1.165, 1.54) is 12.1 Å². The van der Waals surface area contributed by atoms with Gasteiger partial charge in [0.05, 0.1) is 5.56 Å². The monoisotopic (exact) mass is 413 g/mol. The number of para-hydroxylation sites is 1. The summed E-state index contributed by atoms with van der Waals surface area (Å²) < 4.78 is 0. The number of carbonyl (C=O) groups is 2. The Morgan fingerprint density at radius 2 is 1.50 bits per heavy atom. The van der Waals surface area contributed by atoms with Gasteiger partial charge in [0.25, 0.3) is 11.8 Å². The fraction of sp³-hybridized carbons (Fsp3) is 0. The van der Waals surface area contributed by atoms with Gasteiger partial charge >= 0.3 is 25.2 Å². The van der Waals surface area contributed by atoms with Gasteiger partial charge in [-0.3, -0.25) is 25.8 Å². The van der Waals surface area contributed by atoms with Crippen molar-refractivity contribution in [2.24, 2.45) is 0 Å². The molecule has 0 spiro atoms. The van der Waals surface area contributed by atoms with Crippen molar-refractivity contribution in [3.8, 4) is 5.75 Å². The first kappa shape index (κ1) is 19.9. The number of benzene rings is 2. The average molecular weight is 414 g/mol. The van der Waals surface area contributed by atoms with E-state index in [1.54, 1.807) is 42.5 Å². The van der Waals surface area contributed by atoms with Crippen LogP contribution in [-0.2, 0) is 15.1 Å². The SMILES string of the molecule is O=C(NC(=S)NNC(=O)c1ccccc1O)c1ccccc1.[Cl][Cu]. The average Bonchev–Trinajstić information content (AvgIpc) is 2.62. The molecule has 2 aromatic carbocycles. The molecule has 0 bridgehead atoms. The van der Waals surface area contributed by atoms with Gasteiger partial charge in [-0.05, 0) is 36.5 Å². The summed E-state index contributed by atoms with van der Waals surface area (Å²) >= 11 is 8.57. The number of hydrazine groups is 1. The van der Waals surface area contributed by atoms with Gasteiger partial charge in [0.1, 0.15) is 5.75 Å². The van der Waals surface area contributed by atoms with Crippen LogP contribution in [0.3, 0.4) is 0 Å². The Hall–Kier alpha value is -2.12. The summed E-state index contributed by atoms with van der Waals surface area (Å²) in [6, 6.07) is 14.6. The van der Waals surface area contributed by atoms with E-state index in [-0.39, 0.29) is 16.4 Å². The summed E-state index contributed by atoms with van der Waals surface area (Å²) in [6.07, 6.45) is 0. The van der Waals surface area contributed by atoms with Crippen LogP contribution in [0.4, 0.5) is 0 Å². The van der Waals surface area contributed by atoms with Gasteiger partial charge < -0.3 is 5.11 Å². The quantitative estimate of drug-likeness (QED) is 0.343. The maximum absolute atomic E-state index is 11.8. The van der Waals surface area contributed by atoms with Crippen molar-refractivity contribution in [3.05, 3.63) is 65.7 Å². The molecule has 2 aromatic rings. The van der Waals surface area contributed by atoms with Crippen LogP contribution in [-0.4, -0.2) is 22.0 Å². The van der Waals surface area contributed by atoms with Crippen molar-refractivity contribution in [2.75, 3.05) is 0 Å². The van der Waals surface area contributed by atoms with E-state index in [0.29, 0.717) is 5.56 Å². The fourth-order valence-electron chi connectivity index (χ4n) is 1.64. The van der Waals surface area contributed by atoms with Gasteiger partial charge in [0.2, 0.25) is 0 Å². The number of carbonyl (C=O) groups excluding carboxylic acids is 2. The Morgan fingerprint density at radius 3 is 2.12 bits per heavy atom. The molecule has 0 unspecified atom stereocenters. The molecule has 0 aliphatic carbocycles. The van der Waals surface area contributed by atoms with Crippen LogP contribution in [0.5, 0.6) is 5.75 Å². The van der Waals surface area contributed by atoms with Crippen molar-refractivity contribution >= 4 is 39.2 Å². The number of nitrogens with one attached hydrogen (secondary N) is 3. The Bertz CT molecular complexity index is 716. The summed E-state index contributed by atoms with van der Waals surface area (Å²) in [5, 5.41) is 11.9. The summed E-state index contributed by atoms with van der Waals surface area (Å²) in [6.45, 7) is 0. The predicted octanol–water partition coefficient (Wildman–Crippen LogP) is 2.03. The van der Waals surface area contributed by atoms with E-state index in [2.05, 4.69) is 41.4 Å². The molecule has 0 radical (unpaired) electrons. The third-order valence-corrected chi connectivity index (χ3v) is 2.91. The van der Waals surface area contributed by atoms with Crippen LogP contribution < -0.4 is 16.2 Å². The zero-order valence-corrected chi connectivity index (χ0v) is 14.6. The van der Waals surface area contributed by atoms with Crippen LogP contribution in [0.2, 0.25) is 0 Å². The fourth-order valence-corrected chi connectivity index (χ4v) is 1.79. The molecule has 0 fully saturated rings. The molecule has 2 rings (SSSR count). The molecule has 0 aliphatic heterocycles. The van der Waals surface area contributed by atoms with Crippen LogP contribution >= 0.6 is 22.3 Å². The maximum atomic E-state index is 11.8. The number of phenols is 1. The Balaban J connectivity index is 0.00000139. The zero-order chi connectivity index (χ0) is 17.9. The molecule has 0 atom stereocenters. The second-order valence-corrected chi connectivity index (χ2v) is 4.65. The van der Waals surface area contributed by atoms with Crippen LogP contribution in [0.15, 0.2) is 54.6 Å². The van der Waals surface area contributed by atoms with Gasteiger partial charge in [0, 0.05) is 5.56 Å². The van der Waals surface area contributed by atoms with Gasteiger partial charge in [-0.1, -0.05) is 30.3 Å². The van der Waals surface area contributed by atoms with Crippen molar-refractivity contribution in [1.29, 1.82) is 0 Å². The first-order chi connectivity index (χ1) is 11.6. The van der Waals surface area contributed by atoms with Crippen LogP contribution in [0, 0.1) is 0 Å². The molecule has 0 saturated carbocycles. The summed E-state index contributed by atoms with van der Waals surface area (Å²) in [5.41, 5.74) is 5.22. The second-order valence-electron chi connectivity index (χ2n) is 4.25. The molecule has 9 heteroatoms. The van der Waals surface area contributed by atoms with E-state index < -0.39 is 11.8 Å². The summed E-state index contributed by atoms with van der Waals surface area (Å²) in [4.78, 5) is 23.7. The number of amides is 2. The third-order valence-electron chi connectivity index (χ3n) is 2.70. The minimum atomic E-state index is -0.575. The van der Waals surface area contributed by atoms with Gasteiger partial charge in [0.15, 0.2) is 5.11 Å². The topological polar surface area (TPSA) is 90.5 Å². The number of halogens is 1. The normalized spacial score (nSPS) is 9.12. The van der Waals surface area contributed by atoms with Crippen molar-refractivity contribution < 1.29 is 29.8 Å². The van der Waals surface area contributed by atoms with E-state index in [0.717, 1.165) is 0 Å². The number of aromatic hydroxyl groups is 1. The van der Waals surface area contributed by atoms with E-state index >= 15 is 0 Å². The molecule has 2 amide bonds. The molecule has 130 valence electrons. The van der Waals surface area contributed by atoms with E-state index in [1.807, 2.05) is 0 Å². The van der Waals surface area contributed by atoms with Gasteiger partial charge in [-0.15, -0.1) is 0 Å². The first-order valence-corrected chi connectivity index (χ1v) is 8.14. The Kier molecular flexibility index (Phi) is 8.81. The molecular weight excluding hydrogens is 401 g/mol. The zero-order valence-electron chi connectivity index (χ0n) is 12.0. The van der Waals surface area contributed by atoms with E-state index in [9.17, 15) is 14.7 Å². The third kappa shape index (κ3) is 6.17. The second kappa shape index (κ2) is 10.6. The minimum absolute atomic E-state index is 0.0578. The van der Waals surface area contributed by atoms with Crippen molar-refractivity contribution in [1.82, 2.24) is 16.2 Å². The van der Waals surface area contributed by atoms with Gasteiger partial charge in [-0.2, -0.15) is 0 Å². The number of phenolic OH excluding ortho intramolecular Hbond substituents is 1. The van der Waals surface area contributed by atoms with E-state index in [4.69, 9.17) is 12.2 Å². The number of rotatable bonds is 2.